The number of aromatic nitrogens is 5. The van der Waals surface area contributed by atoms with Gasteiger partial charge < -0.3 is 29.0 Å². The Kier molecular flexibility index (Phi) is 10.6. The SMILES string of the molecule is CC.COc1nc(-c2c(C3CC3)c(Cl)cc3[nH]ncc23)c(F)c2nc(OCC34CCCC3N(C3CCOCC3)CCC4)nc(N3CCOCC(O)C3)c12. The normalized spacial score (nSPS) is 25.6. The molecule has 2 saturated carbocycles. The fourth-order valence-corrected chi connectivity index (χ4v) is 9.76. The number of halogens is 2. The molecule has 53 heavy (non-hydrogen) atoms. The number of nitrogens with one attached hydrogen (secondary N) is 1. The monoisotopic (exact) mass is 751 g/mol. The number of hydrogen-bond donors (Lipinski definition) is 2. The zero-order chi connectivity index (χ0) is 36.7. The van der Waals surface area contributed by atoms with Crippen molar-refractivity contribution in [3.8, 4) is 23.1 Å². The second kappa shape index (κ2) is 15.4. The summed E-state index contributed by atoms with van der Waals surface area (Å²) in [6.07, 6.45) is 10.5. The molecule has 3 aromatic heterocycles. The van der Waals surface area contributed by atoms with Gasteiger partial charge in [0.2, 0.25) is 5.88 Å². The molecule has 3 aliphatic heterocycles. The van der Waals surface area contributed by atoms with Crippen molar-refractivity contribution in [2.75, 3.05) is 64.7 Å². The minimum Gasteiger partial charge on any atom is -0.480 e. The van der Waals surface area contributed by atoms with Crippen LogP contribution in [-0.2, 0) is 9.47 Å². The Balaban J connectivity index is 0.00000197. The van der Waals surface area contributed by atoms with Gasteiger partial charge in [0.1, 0.15) is 22.4 Å². The van der Waals surface area contributed by atoms with Crippen molar-refractivity contribution in [2.24, 2.45) is 5.41 Å². The predicted octanol–water partition coefficient (Wildman–Crippen LogP) is 6.66. The highest BCUT2D eigenvalue weighted by atomic mass is 35.5. The first-order chi connectivity index (χ1) is 25.9. The van der Waals surface area contributed by atoms with Crippen molar-refractivity contribution in [2.45, 2.75) is 95.7 Å². The number of aliphatic hydroxyl groups excluding tert-OH is 1. The average Bonchev–Trinajstić information content (AvgIpc) is 3.82. The molecule has 286 valence electrons. The predicted molar refractivity (Wildman–Crippen MR) is 202 cm³/mol. The van der Waals surface area contributed by atoms with Crippen LogP contribution in [0, 0.1) is 11.2 Å². The number of ether oxygens (including phenoxy) is 4. The lowest BCUT2D eigenvalue weighted by Crippen LogP contribution is -2.56. The molecule has 9 rings (SSSR count). The number of hydrogen-bond acceptors (Lipinski definition) is 11. The maximum Gasteiger partial charge on any atom is 0.319 e. The highest BCUT2D eigenvalue weighted by Crippen LogP contribution is 2.52. The van der Waals surface area contributed by atoms with Crippen LogP contribution in [0.25, 0.3) is 33.1 Å². The summed E-state index contributed by atoms with van der Waals surface area (Å²) < 4.78 is 41.3. The smallest absolute Gasteiger partial charge is 0.319 e. The summed E-state index contributed by atoms with van der Waals surface area (Å²) in [6, 6.07) is 2.89. The van der Waals surface area contributed by atoms with Crippen molar-refractivity contribution in [3.63, 3.8) is 0 Å². The van der Waals surface area contributed by atoms with E-state index in [0.29, 0.717) is 59.1 Å². The third kappa shape index (κ3) is 6.81. The standard InChI is InChI=1S/C37H45ClFN7O5.C2H6/c1-48-35-30-33(31(39)32(41-35)29-24-17-40-44-26(24)16-25(38)28(29)21-5-6-21)42-36(43-34(30)45-12-15-50-19-23(47)18-45)51-20-37-9-2-4-27(37)46(11-3-10-37)22-7-13-49-14-8-22;1-2/h16-17,21-23,27,47H,2-15,18-20H2,1H3,(H,40,44);1-2H3. The minimum absolute atomic E-state index is 0.0336. The number of likely N-dealkylation sites (tertiary alicyclic amines) is 1. The summed E-state index contributed by atoms with van der Waals surface area (Å²) >= 11 is 6.87. The Bertz CT molecular complexity index is 1940. The van der Waals surface area contributed by atoms with Gasteiger partial charge in [-0.2, -0.15) is 15.1 Å². The number of anilines is 1. The van der Waals surface area contributed by atoms with E-state index in [-0.39, 0.29) is 47.6 Å². The summed E-state index contributed by atoms with van der Waals surface area (Å²) in [5.41, 5.74) is 2.25. The van der Waals surface area contributed by atoms with Gasteiger partial charge in [0, 0.05) is 59.8 Å². The van der Waals surface area contributed by atoms with Gasteiger partial charge in [-0.15, -0.1) is 0 Å². The molecule has 4 aromatic rings. The Morgan fingerprint density at radius 2 is 1.85 bits per heavy atom. The van der Waals surface area contributed by atoms with E-state index in [2.05, 4.69) is 15.1 Å². The number of piperidine rings is 1. The zero-order valence-electron chi connectivity index (χ0n) is 31.0. The molecule has 0 radical (unpaired) electrons. The van der Waals surface area contributed by atoms with E-state index in [1.54, 1.807) is 6.20 Å². The molecular weight excluding hydrogens is 701 g/mol. The van der Waals surface area contributed by atoms with Crippen LogP contribution in [-0.4, -0.2) is 113 Å². The Morgan fingerprint density at radius 1 is 1.04 bits per heavy atom. The van der Waals surface area contributed by atoms with E-state index in [1.807, 2.05) is 24.8 Å². The van der Waals surface area contributed by atoms with E-state index in [9.17, 15) is 5.11 Å². The summed E-state index contributed by atoms with van der Waals surface area (Å²) in [7, 11) is 1.51. The molecule has 3 unspecified atom stereocenters. The van der Waals surface area contributed by atoms with Gasteiger partial charge in [-0.3, -0.25) is 10.00 Å². The fourth-order valence-electron chi connectivity index (χ4n) is 9.40. The number of pyridine rings is 1. The number of rotatable bonds is 8. The lowest BCUT2D eigenvalue weighted by Gasteiger charge is -2.50. The maximum atomic E-state index is 17.4. The Labute approximate surface area is 314 Å². The second-order valence-corrected chi connectivity index (χ2v) is 15.4. The van der Waals surface area contributed by atoms with Gasteiger partial charge in [0.05, 0.1) is 44.7 Å². The van der Waals surface area contributed by atoms with E-state index >= 15 is 4.39 Å². The Morgan fingerprint density at radius 3 is 2.64 bits per heavy atom. The molecule has 0 spiro atoms. The highest BCUT2D eigenvalue weighted by molar-refractivity contribution is 6.33. The van der Waals surface area contributed by atoms with Gasteiger partial charge in [0.25, 0.3) is 0 Å². The molecule has 2 aliphatic carbocycles. The molecule has 14 heteroatoms. The first-order valence-corrected chi connectivity index (χ1v) is 19.9. The van der Waals surface area contributed by atoms with Crippen molar-refractivity contribution in [3.05, 3.63) is 28.7 Å². The van der Waals surface area contributed by atoms with Crippen LogP contribution in [0.4, 0.5) is 10.2 Å². The lowest BCUT2D eigenvalue weighted by atomic mass is 9.74. The quantitative estimate of drug-likeness (QED) is 0.200. The highest BCUT2D eigenvalue weighted by Gasteiger charge is 2.50. The van der Waals surface area contributed by atoms with Gasteiger partial charge in [-0.05, 0) is 75.5 Å². The molecule has 1 aromatic carbocycles. The third-order valence-electron chi connectivity index (χ3n) is 11.9. The molecule has 3 atom stereocenters. The fraction of sp³-hybridized carbons (Fsp3) is 0.641. The first-order valence-electron chi connectivity index (χ1n) is 19.5. The van der Waals surface area contributed by atoms with Crippen LogP contribution in [0.5, 0.6) is 11.9 Å². The minimum atomic E-state index is -0.761. The lowest BCUT2D eigenvalue weighted by molar-refractivity contribution is -0.0511. The molecule has 6 heterocycles. The van der Waals surface area contributed by atoms with E-state index in [1.165, 1.54) is 7.11 Å². The summed E-state index contributed by atoms with van der Waals surface area (Å²) in [5, 5.41) is 19.6. The van der Waals surface area contributed by atoms with Crippen LogP contribution >= 0.6 is 11.6 Å². The third-order valence-corrected chi connectivity index (χ3v) is 12.2. The van der Waals surface area contributed by atoms with Crippen LogP contribution in [0.2, 0.25) is 5.02 Å². The van der Waals surface area contributed by atoms with Gasteiger partial charge in [-0.25, -0.2) is 9.37 Å². The summed E-state index contributed by atoms with van der Waals surface area (Å²) in [5.74, 6) is 0.153. The number of aromatic amines is 1. The van der Waals surface area contributed by atoms with Crippen LogP contribution in [0.15, 0.2) is 12.3 Å². The van der Waals surface area contributed by atoms with E-state index < -0.39 is 11.9 Å². The molecule has 3 saturated heterocycles. The topological polar surface area (TPSA) is 131 Å². The average molecular weight is 752 g/mol. The van der Waals surface area contributed by atoms with Crippen LogP contribution in [0.1, 0.15) is 83.1 Å². The Hall–Kier alpha value is -3.36. The van der Waals surface area contributed by atoms with Crippen molar-refractivity contribution >= 4 is 39.2 Å². The van der Waals surface area contributed by atoms with Crippen molar-refractivity contribution in [1.82, 2.24) is 30.0 Å². The van der Waals surface area contributed by atoms with E-state index in [0.717, 1.165) is 88.5 Å². The molecule has 5 fully saturated rings. The number of β-amino-alcohol motifs (C(OH)–C–C–N with tert-alkyl or cyclic N) is 1. The molecule has 12 nitrogen and oxygen atoms in total. The molecule has 0 amide bonds. The number of methoxy groups -OCH3 is 1. The van der Waals surface area contributed by atoms with Gasteiger partial charge in [-0.1, -0.05) is 31.9 Å². The number of fused-ring (bicyclic) bond motifs is 3. The van der Waals surface area contributed by atoms with Gasteiger partial charge in [0.15, 0.2) is 5.82 Å². The number of benzene rings is 1. The molecule has 2 N–H and O–H groups in total. The van der Waals surface area contributed by atoms with Crippen LogP contribution in [0.3, 0.4) is 0 Å². The zero-order valence-corrected chi connectivity index (χ0v) is 31.8. The molecule has 0 bridgehead atoms. The second-order valence-electron chi connectivity index (χ2n) is 15.0. The molecule has 5 aliphatic rings. The number of nitrogens with zero attached hydrogens (tertiary/aromatic N) is 6. The number of aliphatic hydroxyl groups is 1. The van der Waals surface area contributed by atoms with Crippen LogP contribution < -0.4 is 14.4 Å². The maximum absolute atomic E-state index is 17.4. The first kappa shape index (κ1) is 36.6. The van der Waals surface area contributed by atoms with E-state index in [4.69, 9.17) is 45.5 Å². The number of H-pyrrole nitrogens is 1. The molecular formula is C39H51ClFN7O5. The summed E-state index contributed by atoms with van der Waals surface area (Å²) in [6.45, 7) is 8.41. The van der Waals surface area contributed by atoms with Crippen molar-refractivity contribution < 1.29 is 28.4 Å². The van der Waals surface area contributed by atoms with Gasteiger partial charge >= 0.3 is 6.01 Å². The van der Waals surface area contributed by atoms with Crippen molar-refractivity contribution in [1.29, 1.82) is 0 Å². The summed E-state index contributed by atoms with van der Waals surface area (Å²) in [4.78, 5) is 19.2. The largest absolute Gasteiger partial charge is 0.480 e.